The Balaban J connectivity index is 0.000000240. The molecule has 4 aromatic carbocycles. The van der Waals surface area contributed by atoms with Crippen molar-refractivity contribution in [3.05, 3.63) is 134 Å². The molecular formula is C35H30ClN3O3. The summed E-state index contributed by atoms with van der Waals surface area (Å²) in [7, 11) is 0. The molecule has 2 aliphatic carbocycles. The molecule has 0 amide bonds. The second-order valence-electron chi connectivity index (χ2n) is 10.9. The quantitative estimate of drug-likeness (QED) is 0.150. The average molecular weight is 576 g/mol. The van der Waals surface area contributed by atoms with Gasteiger partial charge in [-0.2, -0.15) is 0 Å². The smallest absolute Gasteiger partial charge is 0.272 e. The van der Waals surface area contributed by atoms with Gasteiger partial charge in [0.2, 0.25) is 0 Å². The van der Waals surface area contributed by atoms with Crippen LogP contribution in [0.2, 0.25) is 5.02 Å². The van der Waals surface area contributed by atoms with Crippen LogP contribution in [0.3, 0.4) is 0 Å². The molecule has 0 fully saturated rings. The van der Waals surface area contributed by atoms with E-state index in [2.05, 4.69) is 28.5 Å². The second-order valence-corrected chi connectivity index (χ2v) is 11.3. The van der Waals surface area contributed by atoms with Crippen LogP contribution in [-0.2, 0) is 19.3 Å². The van der Waals surface area contributed by atoms with E-state index >= 15 is 0 Å². The zero-order valence-corrected chi connectivity index (χ0v) is 24.0. The summed E-state index contributed by atoms with van der Waals surface area (Å²) in [5.41, 5.74) is 10.3. The number of halogens is 1. The number of Topliss-reactive ketones (excluding diaryl/α,β-unsaturated/α-hetero) is 1. The van der Waals surface area contributed by atoms with Gasteiger partial charge in [0.15, 0.2) is 5.78 Å². The maximum Gasteiger partial charge on any atom is 0.272 e. The van der Waals surface area contributed by atoms with Crippen molar-refractivity contribution < 1.29 is 9.72 Å². The van der Waals surface area contributed by atoms with Crippen molar-refractivity contribution in [2.75, 3.05) is 5.32 Å². The summed E-state index contributed by atoms with van der Waals surface area (Å²) in [4.78, 5) is 28.8. The SMILES string of the molecule is C1=CNc2ccccc2N=C1.Cc1cc(C(=O)C2Cc3cc(Cl)ccc3-c3ccc4c(c32)CCCC4)ccc1[N+](=O)[O-]. The van der Waals surface area contributed by atoms with Crippen LogP contribution < -0.4 is 5.32 Å². The Morgan fingerprint density at radius 1 is 0.976 bits per heavy atom. The minimum absolute atomic E-state index is 0.0175. The lowest BCUT2D eigenvalue weighted by Gasteiger charge is -2.32. The number of fused-ring (bicyclic) bond motifs is 6. The summed E-state index contributed by atoms with van der Waals surface area (Å²) in [5, 5.41) is 15.0. The molecule has 1 N–H and O–H groups in total. The Morgan fingerprint density at radius 3 is 2.62 bits per heavy atom. The number of hydrogen-bond acceptors (Lipinski definition) is 5. The van der Waals surface area contributed by atoms with Crippen molar-refractivity contribution in [2.24, 2.45) is 4.99 Å². The number of carbonyl (C=O) groups is 1. The van der Waals surface area contributed by atoms with E-state index < -0.39 is 4.92 Å². The number of benzene rings is 4. The number of allylic oxidation sites excluding steroid dienone is 1. The first-order valence-corrected chi connectivity index (χ1v) is 14.6. The van der Waals surface area contributed by atoms with E-state index in [1.165, 1.54) is 23.6 Å². The molecule has 7 rings (SSSR count). The molecule has 7 heteroatoms. The number of rotatable bonds is 3. The van der Waals surface area contributed by atoms with Crippen LogP contribution in [0, 0.1) is 17.0 Å². The van der Waals surface area contributed by atoms with E-state index in [9.17, 15) is 14.9 Å². The average Bonchev–Trinajstić information content (AvgIpc) is 3.25. The predicted molar refractivity (Wildman–Crippen MR) is 169 cm³/mol. The van der Waals surface area contributed by atoms with Crippen LogP contribution in [0.4, 0.5) is 17.1 Å². The number of anilines is 1. The fourth-order valence-corrected chi connectivity index (χ4v) is 6.45. The van der Waals surface area contributed by atoms with Gasteiger partial charge in [-0.15, -0.1) is 0 Å². The van der Waals surface area contributed by atoms with Gasteiger partial charge in [0.05, 0.1) is 22.2 Å². The molecule has 0 saturated heterocycles. The predicted octanol–water partition coefficient (Wildman–Crippen LogP) is 8.95. The molecule has 0 spiro atoms. The molecule has 1 unspecified atom stereocenters. The molecule has 0 aromatic heterocycles. The maximum atomic E-state index is 13.8. The van der Waals surface area contributed by atoms with Crippen LogP contribution in [0.25, 0.3) is 11.1 Å². The number of aliphatic imine (C=N–C) groups is 1. The van der Waals surface area contributed by atoms with Gasteiger partial charge in [0.25, 0.3) is 5.69 Å². The maximum absolute atomic E-state index is 13.8. The van der Waals surface area contributed by atoms with Crippen LogP contribution in [0.15, 0.2) is 90.1 Å². The van der Waals surface area contributed by atoms with Crippen molar-refractivity contribution in [2.45, 2.75) is 44.9 Å². The van der Waals surface area contributed by atoms with Gasteiger partial charge in [-0.3, -0.25) is 19.9 Å². The van der Waals surface area contributed by atoms with E-state index in [0.717, 1.165) is 52.9 Å². The Hall–Kier alpha value is -4.55. The normalized spacial score (nSPS) is 15.9. The summed E-state index contributed by atoms with van der Waals surface area (Å²) in [5.74, 6) is -0.293. The third kappa shape index (κ3) is 5.38. The van der Waals surface area contributed by atoms with Crippen molar-refractivity contribution in [3.63, 3.8) is 0 Å². The molecule has 42 heavy (non-hydrogen) atoms. The minimum Gasteiger partial charge on any atom is -0.360 e. The van der Waals surface area contributed by atoms with Gasteiger partial charge >= 0.3 is 0 Å². The summed E-state index contributed by atoms with van der Waals surface area (Å²) < 4.78 is 0. The minimum atomic E-state index is -0.409. The van der Waals surface area contributed by atoms with Crippen molar-refractivity contribution >= 4 is 40.7 Å². The molecule has 1 heterocycles. The summed E-state index contributed by atoms with van der Waals surface area (Å²) in [6.07, 6.45) is 10.5. The summed E-state index contributed by atoms with van der Waals surface area (Å²) >= 11 is 6.28. The number of nitrogens with zero attached hydrogens (tertiary/aromatic N) is 2. The molecular weight excluding hydrogens is 546 g/mol. The fourth-order valence-electron chi connectivity index (χ4n) is 6.26. The number of nitro groups is 1. The third-order valence-corrected chi connectivity index (χ3v) is 8.48. The van der Waals surface area contributed by atoms with Gasteiger partial charge in [-0.05, 0) is 115 Å². The van der Waals surface area contributed by atoms with Gasteiger partial charge in [-0.1, -0.05) is 41.9 Å². The van der Waals surface area contributed by atoms with Crippen LogP contribution in [0.5, 0.6) is 0 Å². The van der Waals surface area contributed by atoms with Gasteiger partial charge < -0.3 is 5.32 Å². The highest BCUT2D eigenvalue weighted by Crippen LogP contribution is 2.46. The van der Waals surface area contributed by atoms with Crippen LogP contribution >= 0.6 is 11.6 Å². The molecule has 0 saturated carbocycles. The largest absolute Gasteiger partial charge is 0.360 e. The molecule has 4 aromatic rings. The number of nitrogens with one attached hydrogen (secondary N) is 1. The van der Waals surface area contributed by atoms with Crippen LogP contribution in [0.1, 0.15) is 56.9 Å². The zero-order valence-electron chi connectivity index (χ0n) is 23.3. The van der Waals surface area contributed by atoms with E-state index in [0.29, 0.717) is 22.6 Å². The van der Waals surface area contributed by atoms with E-state index in [1.54, 1.807) is 25.3 Å². The standard InChI is InChI=1S/C26H22ClNO3.C9H8N2/c1-15-12-17(7-11-24(15)28(30)31)26(29)23-14-18-13-19(27)8-10-20(18)22-9-6-16-4-2-3-5-21(16)25(22)23;1-2-5-9-8(4-1)10-6-3-7-11-9/h6-13,23H,2-5,14H2,1H3;1-7,10H. The summed E-state index contributed by atoms with van der Waals surface area (Å²) in [6, 6.07) is 22.9. The van der Waals surface area contributed by atoms with E-state index in [-0.39, 0.29) is 17.4 Å². The molecule has 3 aliphatic rings. The number of nitro benzene ring substituents is 1. The van der Waals surface area contributed by atoms with E-state index in [4.69, 9.17) is 11.6 Å². The first-order chi connectivity index (χ1) is 20.4. The monoisotopic (exact) mass is 575 g/mol. The molecule has 1 atom stereocenters. The lowest BCUT2D eigenvalue weighted by atomic mass is 9.71. The first-order valence-electron chi connectivity index (χ1n) is 14.2. The third-order valence-electron chi connectivity index (χ3n) is 8.24. The highest BCUT2D eigenvalue weighted by Gasteiger charge is 2.34. The summed E-state index contributed by atoms with van der Waals surface area (Å²) in [6.45, 7) is 1.68. The zero-order chi connectivity index (χ0) is 29.2. The molecule has 0 bridgehead atoms. The Kier molecular flexibility index (Phi) is 7.72. The number of ketones is 1. The fraction of sp³-hybridized carbons (Fsp3) is 0.200. The number of hydrogen-bond donors (Lipinski definition) is 1. The van der Waals surface area contributed by atoms with Crippen LogP contribution in [-0.4, -0.2) is 16.9 Å². The highest BCUT2D eigenvalue weighted by atomic mass is 35.5. The highest BCUT2D eigenvalue weighted by molar-refractivity contribution is 6.30. The van der Waals surface area contributed by atoms with Crippen molar-refractivity contribution in [1.82, 2.24) is 0 Å². The van der Waals surface area contributed by atoms with Crippen molar-refractivity contribution in [3.8, 4) is 11.1 Å². The number of para-hydroxylation sites is 2. The molecule has 0 radical (unpaired) electrons. The number of aryl methyl sites for hydroxylation is 2. The molecule has 1 aliphatic heterocycles. The van der Waals surface area contributed by atoms with Gasteiger partial charge in [0, 0.05) is 34.6 Å². The molecule has 6 nitrogen and oxygen atoms in total. The lowest BCUT2D eigenvalue weighted by Crippen LogP contribution is -2.23. The Morgan fingerprint density at radius 2 is 1.79 bits per heavy atom. The first kappa shape index (κ1) is 27.6. The van der Waals surface area contributed by atoms with Crippen molar-refractivity contribution in [1.29, 1.82) is 0 Å². The Labute approximate surface area is 249 Å². The topological polar surface area (TPSA) is 84.6 Å². The second kappa shape index (κ2) is 11.7. The lowest BCUT2D eigenvalue weighted by molar-refractivity contribution is -0.385. The number of carbonyl (C=O) groups excluding carboxylic acids is 1. The Bertz CT molecular complexity index is 1780. The van der Waals surface area contributed by atoms with Gasteiger partial charge in [0.1, 0.15) is 0 Å². The molecule has 210 valence electrons. The van der Waals surface area contributed by atoms with E-state index in [1.807, 2.05) is 48.7 Å². The van der Waals surface area contributed by atoms with Gasteiger partial charge in [-0.25, -0.2) is 0 Å².